The molecule has 2 bridgehead atoms. The van der Waals surface area contributed by atoms with E-state index >= 15 is 0 Å². The third-order valence-electron chi connectivity index (χ3n) is 5.52. The van der Waals surface area contributed by atoms with Crippen molar-refractivity contribution in [3.63, 3.8) is 0 Å². The lowest BCUT2D eigenvalue weighted by Gasteiger charge is -2.41. The lowest BCUT2D eigenvalue weighted by atomic mass is 9.74. The maximum atomic E-state index is 5.66. The SMILES string of the molecule is Cn1cc(-c2noc([C@H]3C[C@@H]4CC[C@H]3NC4)n2)c2ccccc21. The van der Waals surface area contributed by atoms with Gasteiger partial charge in [-0.15, -0.1) is 0 Å². The molecule has 2 aromatic heterocycles. The average molecular weight is 308 g/mol. The quantitative estimate of drug-likeness (QED) is 0.790. The van der Waals surface area contributed by atoms with Gasteiger partial charge in [-0.05, 0) is 37.8 Å². The summed E-state index contributed by atoms with van der Waals surface area (Å²) in [6, 6.07) is 8.84. The van der Waals surface area contributed by atoms with Gasteiger partial charge >= 0.3 is 0 Å². The van der Waals surface area contributed by atoms with E-state index in [0.29, 0.717) is 17.8 Å². The zero-order chi connectivity index (χ0) is 15.4. The number of aromatic nitrogens is 3. The van der Waals surface area contributed by atoms with Crippen LogP contribution in [0.2, 0.25) is 0 Å². The number of hydrogen-bond donors (Lipinski definition) is 1. The van der Waals surface area contributed by atoms with Gasteiger partial charge in [-0.2, -0.15) is 4.98 Å². The predicted molar refractivity (Wildman–Crippen MR) is 88.1 cm³/mol. The number of nitrogens with zero attached hydrogens (tertiary/aromatic N) is 3. The summed E-state index contributed by atoms with van der Waals surface area (Å²) in [5.41, 5.74) is 2.24. The third kappa shape index (κ3) is 2.03. The Balaban J connectivity index is 1.54. The largest absolute Gasteiger partial charge is 0.350 e. The highest BCUT2D eigenvalue weighted by atomic mass is 16.5. The van der Waals surface area contributed by atoms with Crippen LogP contribution in [0.4, 0.5) is 0 Å². The molecule has 1 saturated carbocycles. The van der Waals surface area contributed by atoms with Crippen molar-refractivity contribution in [3.05, 3.63) is 36.4 Å². The van der Waals surface area contributed by atoms with Crippen LogP contribution in [-0.4, -0.2) is 27.3 Å². The number of fused-ring (bicyclic) bond motifs is 4. The maximum Gasteiger partial charge on any atom is 0.231 e. The summed E-state index contributed by atoms with van der Waals surface area (Å²) in [5, 5.41) is 9.07. The Morgan fingerprint density at radius 3 is 2.96 bits per heavy atom. The Hall–Kier alpha value is -2.14. The van der Waals surface area contributed by atoms with Crippen LogP contribution in [0, 0.1) is 5.92 Å². The molecule has 3 aliphatic rings. The fourth-order valence-corrected chi connectivity index (χ4v) is 4.29. The van der Waals surface area contributed by atoms with E-state index in [2.05, 4.69) is 52.6 Å². The highest BCUT2D eigenvalue weighted by molar-refractivity contribution is 5.94. The van der Waals surface area contributed by atoms with Gasteiger partial charge in [0.2, 0.25) is 11.7 Å². The van der Waals surface area contributed by atoms with Crippen molar-refractivity contribution in [2.75, 3.05) is 6.54 Å². The summed E-state index contributed by atoms with van der Waals surface area (Å²) in [7, 11) is 2.05. The summed E-state index contributed by atoms with van der Waals surface area (Å²) in [6.45, 7) is 1.14. The molecule has 0 unspecified atom stereocenters. The van der Waals surface area contributed by atoms with E-state index in [-0.39, 0.29) is 0 Å². The predicted octanol–water partition coefficient (Wildman–Crippen LogP) is 3.08. The van der Waals surface area contributed by atoms with Crippen LogP contribution in [-0.2, 0) is 7.05 Å². The molecule has 1 aromatic carbocycles. The van der Waals surface area contributed by atoms with Crippen LogP contribution >= 0.6 is 0 Å². The van der Waals surface area contributed by atoms with E-state index in [1.165, 1.54) is 30.2 Å². The first-order chi connectivity index (χ1) is 11.3. The molecule has 3 aromatic rings. The smallest absolute Gasteiger partial charge is 0.231 e. The van der Waals surface area contributed by atoms with Crippen molar-refractivity contribution in [2.24, 2.45) is 13.0 Å². The zero-order valence-electron chi connectivity index (χ0n) is 13.2. The fraction of sp³-hybridized carbons (Fsp3) is 0.444. The number of benzene rings is 1. The highest BCUT2D eigenvalue weighted by Crippen LogP contribution is 2.40. The van der Waals surface area contributed by atoms with E-state index in [0.717, 1.165) is 23.9 Å². The summed E-state index contributed by atoms with van der Waals surface area (Å²) < 4.78 is 7.77. The first-order valence-electron chi connectivity index (χ1n) is 8.41. The molecule has 2 aliphatic heterocycles. The number of nitrogens with one attached hydrogen (secondary N) is 1. The molecule has 1 N–H and O–H groups in total. The van der Waals surface area contributed by atoms with Crippen LogP contribution in [0.25, 0.3) is 22.3 Å². The standard InChI is InChI=1S/C18H20N4O/c1-22-10-14(12-4-2-3-5-16(12)22)17-20-18(23-21-17)13-8-11-6-7-15(13)19-9-11/h2-5,10-11,13,15,19H,6-9H2,1H3/t11-,13-,15+/m0/s1. The van der Waals surface area contributed by atoms with Gasteiger partial charge in [0, 0.05) is 35.8 Å². The molecule has 0 spiro atoms. The molecule has 1 aliphatic carbocycles. The molecule has 118 valence electrons. The third-order valence-corrected chi connectivity index (χ3v) is 5.52. The van der Waals surface area contributed by atoms with E-state index in [1.807, 2.05) is 0 Å². The second-order valence-corrected chi connectivity index (χ2v) is 6.93. The molecule has 5 nitrogen and oxygen atoms in total. The Bertz CT molecular complexity index is 857. The fourth-order valence-electron chi connectivity index (χ4n) is 4.29. The van der Waals surface area contributed by atoms with Gasteiger partial charge in [-0.1, -0.05) is 23.4 Å². The molecular formula is C18H20N4O. The van der Waals surface area contributed by atoms with Gasteiger partial charge < -0.3 is 14.4 Å². The molecule has 6 rings (SSSR count). The molecule has 23 heavy (non-hydrogen) atoms. The molecule has 5 heteroatoms. The lowest BCUT2D eigenvalue weighted by Crippen LogP contribution is -2.49. The molecule has 0 amide bonds. The monoisotopic (exact) mass is 308 g/mol. The molecule has 2 saturated heterocycles. The van der Waals surface area contributed by atoms with Crippen LogP contribution < -0.4 is 5.32 Å². The number of piperidine rings is 2. The van der Waals surface area contributed by atoms with Crippen molar-refractivity contribution in [1.29, 1.82) is 0 Å². The zero-order valence-corrected chi connectivity index (χ0v) is 13.2. The van der Waals surface area contributed by atoms with Gasteiger partial charge in [0.1, 0.15) is 0 Å². The summed E-state index contributed by atoms with van der Waals surface area (Å²) in [5.74, 6) is 2.64. The molecule has 0 radical (unpaired) electrons. The topological polar surface area (TPSA) is 55.9 Å². The molecule has 3 atom stereocenters. The Labute approximate surface area is 134 Å². The average Bonchev–Trinajstić information content (AvgIpc) is 3.21. The Morgan fingerprint density at radius 1 is 1.26 bits per heavy atom. The van der Waals surface area contributed by atoms with Gasteiger partial charge in [0.25, 0.3) is 0 Å². The summed E-state index contributed by atoms with van der Waals surface area (Å²) >= 11 is 0. The van der Waals surface area contributed by atoms with Crippen LogP contribution in [0.5, 0.6) is 0 Å². The molecular weight excluding hydrogens is 288 g/mol. The highest BCUT2D eigenvalue weighted by Gasteiger charge is 2.39. The minimum absolute atomic E-state index is 0.374. The van der Waals surface area contributed by atoms with Gasteiger partial charge in [-0.3, -0.25) is 0 Å². The van der Waals surface area contributed by atoms with Crippen LogP contribution in [0.15, 0.2) is 35.0 Å². The second kappa shape index (κ2) is 4.93. The summed E-state index contributed by atoms with van der Waals surface area (Å²) in [4.78, 5) is 4.76. The second-order valence-electron chi connectivity index (χ2n) is 6.93. The minimum atomic E-state index is 0.374. The van der Waals surface area contributed by atoms with Crippen molar-refractivity contribution in [1.82, 2.24) is 20.0 Å². The number of hydrogen-bond acceptors (Lipinski definition) is 4. The Kier molecular flexibility index (Phi) is 2.85. The lowest BCUT2D eigenvalue weighted by molar-refractivity contribution is 0.158. The molecule has 3 fully saturated rings. The van der Waals surface area contributed by atoms with E-state index < -0.39 is 0 Å². The first-order valence-corrected chi connectivity index (χ1v) is 8.41. The van der Waals surface area contributed by atoms with Crippen molar-refractivity contribution in [3.8, 4) is 11.4 Å². The molecule has 4 heterocycles. The number of para-hydroxylation sites is 1. The first kappa shape index (κ1) is 13.3. The van der Waals surface area contributed by atoms with Crippen LogP contribution in [0.1, 0.15) is 31.1 Å². The van der Waals surface area contributed by atoms with E-state index in [4.69, 9.17) is 9.51 Å². The van der Waals surface area contributed by atoms with E-state index in [1.54, 1.807) is 0 Å². The number of aryl methyl sites for hydroxylation is 1. The normalized spacial score (nSPS) is 26.9. The van der Waals surface area contributed by atoms with Crippen molar-refractivity contribution < 1.29 is 4.52 Å². The van der Waals surface area contributed by atoms with Crippen LogP contribution in [0.3, 0.4) is 0 Å². The van der Waals surface area contributed by atoms with Crippen molar-refractivity contribution >= 4 is 10.9 Å². The van der Waals surface area contributed by atoms with Gasteiger partial charge in [-0.25, -0.2) is 0 Å². The number of rotatable bonds is 2. The maximum absolute atomic E-state index is 5.66. The van der Waals surface area contributed by atoms with Crippen molar-refractivity contribution in [2.45, 2.75) is 31.2 Å². The summed E-state index contributed by atoms with van der Waals surface area (Å²) in [6.07, 6.45) is 5.82. The Morgan fingerprint density at radius 2 is 2.17 bits per heavy atom. The van der Waals surface area contributed by atoms with Gasteiger partial charge in [0.05, 0.1) is 5.92 Å². The van der Waals surface area contributed by atoms with Gasteiger partial charge in [0.15, 0.2) is 0 Å². The van der Waals surface area contributed by atoms with E-state index in [9.17, 15) is 0 Å². The minimum Gasteiger partial charge on any atom is -0.350 e.